The predicted octanol–water partition coefficient (Wildman–Crippen LogP) is 3.16. The maximum Gasteiger partial charge on any atom is 0.419 e. The molecule has 0 aliphatic carbocycles. The second-order valence-electron chi connectivity index (χ2n) is 6.35. The number of oxazole rings is 1. The molecule has 1 aromatic heterocycles. The molecule has 3 aromatic rings. The summed E-state index contributed by atoms with van der Waals surface area (Å²) in [4.78, 5) is 38.2. The van der Waals surface area contributed by atoms with Crippen LogP contribution in [0.3, 0.4) is 0 Å². The molecule has 138 valence electrons. The summed E-state index contributed by atoms with van der Waals surface area (Å²) >= 11 is 6.22. The van der Waals surface area contributed by atoms with Gasteiger partial charge in [-0.15, -0.1) is 0 Å². The lowest BCUT2D eigenvalue weighted by molar-refractivity contribution is -0.117. The Balaban J connectivity index is 1.68. The Hall–Kier alpha value is -3.06. The molecule has 1 N–H and O–H groups in total. The number of carbonyl (C=O) groups excluding carboxylic acids is 2. The second kappa shape index (κ2) is 6.59. The number of hydrogen-bond donors (Lipinski definition) is 1. The number of amides is 2. The molecule has 0 spiro atoms. The van der Waals surface area contributed by atoms with Gasteiger partial charge in [-0.1, -0.05) is 17.7 Å². The zero-order valence-corrected chi connectivity index (χ0v) is 15.2. The van der Waals surface area contributed by atoms with Gasteiger partial charge in [-0.25, -0.2) is 4.79 Å². The third kappa shape index (κ3) is 3.00. The van der Waals surface area contributed by atoms with E-state index < -0.39 is 11.7 Å². The van der Waals surface area contributed by atoms with Gasteiger partial charge >= 0.3 is 5.76 Å². The van der Waals surface area contributed by atoms with Crippen LogP contribution in [0.5, 0.6) is 0 Å². The summed E-state index contributed by atoms with van der Waals surface area (Å²) in [5.74, 6) is -0.954. The number of aryl methyl sites for hydroxylation is 1. The summed E-state index contributed by atoms with van der Waals surface area (Å²) < 4.78 is 6.53. The molecule has 0 atom stereocenters. The van der Waals surface area contributed by atoms with Crippen molar-refractivity contribution in [3.05, 3.63) is 57.5 Å². The number of hydrogen-bond acceptors (Lipinski definition) is 4. The van der Waals surface area contributed by atoms with E-state index >= 15 is 0 Å². The molecule has 4 rings (SSSR count). The van der Waals surface area contributed by atoms with Crippen molar-refractivity contribution in [2.24, 2.45) is 7.05 Å². The van der Waals surface area contributed by atoms with Crippen LogP contribution in [-0.4, -0.2) is 22.9 Å². The lowest BCUT2D eigenvalue weighted by Crippen LogP contribution is -2.23. The minimum Gasteiger partial charge on any atom is -0.407 e. The normalized spacial score (nSPS) is 14.1. The van der Waals surface area contributed by atoms with Crippen LogP contribution in [0, 0.1) is 0 Å². The predicted molar refractivity (Wildman–Crippen MR) is 102 cm³/mol. The summed E-state index contributed by atoms with van der Waals surface area (Å²) in [7, 11) is 1.57. The molecule has 0 radical (unpaired) electrons. The Labute approximate surface area is 159 Å². The van der Waals surface area contributed by atoms with Crippen molar-refractivity contribution < 1.29 is 14.0 Å². The van der Waals surface area contributed by atoms with Crippen molar-refractivity contribution in [2.75, 3.05) is 16.8 Å². The van der Waals surface area contributed by atoms with Crippen molar-refractivity contribution in [1.29, 1.82) is 0 Å². The molecule has 1 aliphatic heterocycles. The summed E-state index contributed by atoms with van der Waals surface area (Å²) in [5.41, 5.74) is 2.03. The van der Waals surface area contributed by atoms with Crippen LogP contribution in [0.2, 0.25) is 5.02 Å². The average molecular weight is 386 g/mol. The van der Waals surface area contributed by atoms with E-state index in [1.807, 2.05) is 0 Å². The highest BCUT2D eigenvalue weighted by Crippen LogP contribution is 2.30. The fourth-order valence-electron chi connectivity index (χ4n) is 3.22. The molecule has 8 heteroatoms. The minimum atomic E-state index is -0.544. The highest BCUT2D eigenvalue weighted by Gasteiger charge is 2.23. The van der Waals surface area contributed by atoms with Crippen LogP contribution in [0.1, 0.15) is 23.2 Å². The number of carbonyl (C=O) groups is 2. The Bertz CT molecular complexity index is 1130. The molecule has 7 nitrogen and oxygen atoms in total. The second-order valence-corrected chi connectivity index (χ2v) is 6.76. The molecular weight excluding hydrogens is 370 g/mol. The number of nitrogens with zero attached hydrogens (tertiary/aromatic N) is 2. The van der Waals surface area contributed by atoms with Crippen molar-refractivity contribution in [3.8, 4) is 0 Å². The summed E-state index contributed by atoms with van der Waals surface area (Å²) in [6, 6.07) is 10.0. The van der Waals surface area contributed by atoms with Crippen LogP contribution >= 0.6 is 11.6 Å². The molecule has 1 aliphatic rings. The lowest BCUT2D eigenvalue weighted by Gasteiger charge is -2.17. The number of para-hydroxylation sites is 1. The standard InChI is InChI=1S/C19H16ClN3O4/c1-22-15-5-2-4-12(17(15)27-19(22)26)18(25)21-14-10-11(7-8-13(14)20)23-9-3-6-16(23)24/h2,4-5,7-8,10H,3,6,9H2,1H3,(H,21,25). The van der Waals surface area contributed by atoms with Crippen LogP contribution in [0.4, 0.5) is 11.4 Å². The van der Waals surface area contributed by atoms with E-state index in [1.54, 1.807) is 48.3 Å². The number of anilines is 2. The maximum atomic E-state index is 12.8. The Morgan fingerprint density at radius 1 is 1.22 bits per heavy atom. The minimum absolute atomic E-state index is 0.0467. The topological polar surface area (TPSA) is 84.5 Å². The van der Waals surface area contributed by atoms with Gasteiger partial charge in [-0.2, -0.15) is 0 Å². The van der Waals surface area contributed by atoms with Gasteiger partial charge in [0, 0.05) is 25.7 Å². The first-order valence-corrected chi connectivity index (χ1v) is 8.83. The number of aromatic nitrogens is 1. The number of rotatable bonds is 3. The number of nitrogens with one attached hydrogen (secondary N) is 1. The Kier molecular flexibility index (Phi) is 4.24. The van der Waals surface area contributed by atoms with E-state index in [1.165, 1.54) is 4.57 Å². The molecule has 27 heavy (non-hydrogen) atoms. The van der Waals surface area contributed by atoms with Crippen LogP contribution in [-0.2, 0) is 11.8 Å². The fraction of sp³-hybridized carbons (Fsp3) is 0.211. The third-order valence-corrected chi connectivity index (χ3v) is 4.98. The highest BCUT2D eigenvalue weighted by atomic mass is 35.5. The van der Waals surface area contributed by atoms with Crippen LogP contribution < -0.4 is 16.0 Å². The van der Waals surface area contributed by atoms with Gasteiger partial charge in [0.15, 0.2) is 5.58 Å². The van der Waals surface area contributed by atoms with Crippen molar-refractivity contribution in [3.63, 3.8) is 0 Å². The molecule has 0 bridgehead atoms. The van der Waals surface area contributed by atoms with Crippen LogP contribution in [0.15, 0.2) is 45.6 Å². The first kappa shape index (κ1) is 17.4. The zero-order valence-electron chi connectivity index (χ0n) is 14.5. The Morgan fingerprint density at radius 3 is 2.78 bits per heavy atom. The van der Waals surface area contributed by atoms with Gasteiger partial charge in [0.25, 0.3) is 5.91 Å². The van der Waals surface area contributed by atoms with Crippen molar-refractivity contribution in [1.82, 2.24) is 4.57 Å². The van der Waals surface area contributed by atoms with E-state index in [-0.39, 0.29) is 17.1 Å². The quantitative estimate of drug-likeness (QED) is 0.750. The fourth-order valence-corrected chi connectivity index (χ4v) is 3.38. The molecule has 2 amide bonds. The smallest absolute Gasteiger partial charge is 0.407 e. The first-order chi connectivity index (χ1) is 13.0. The summed E-state index contributed by atoms with van der Waals surface area (Å²) in [5, 5.41) is 3.09. The van der Waals surface area contributed by atoms with E-state index in [0.29, 0.717) is 34.9 Å². The SMILES string of the molecule is Cn1c(=O)oc2c(C(=O)Nc3cc(N4CCCC4=O)ccc3Cl)cccc21. The molecule has 0 unspecified atom stereocenters. The summed E-state index contributed by atoms with van der Waals surface area (Å²) in [6.07, 6.45) is 1.32. The molecular formula is C19H16ClN3O4. The first-order valence-electron chi connectivity index (χ1n) is 8.45. The molecule has 2 heterocycles. The number of fused-ring (bicyclic) bond motifs is 1. The third-order valence-electron chi connectivity index (χ3n) is 4.65. The molecule has 1 fully saturated rings. The highest BCUT2D eigenvalue weighted by molar-refractivity contribution is 6.34. The van der Waals surface area contributed by atoms with Crippen LogP contribution in [0.25, 0.3) is 11.1 Å². The Morgan fingerprint density at radius 2 is 2.04 bits per heavy atom. The lowest BCUT2D eigenvalue weighted by atomic mass is 10.1. The maximum absolute atomic E-state index is 12.8. The van der Waals surface area contributed by atoms with Gasteiger partial charge in [0.2, 0.25) is 5.91 Å². The van der Waals surface area contributed by atoms with E-state index in [4.69, 9.17) is 16.0 Å². The number of halogens is 1. The van der Waals surface area contributed by atoms with E-state index in [0.717, 1.165) is 6.42 Å². The van der Waals surface area contributed by atoms with Crippen molar-refractivity contribution >= 4 is 45.9 Å². The van der Waals surface area contributed by atoms with E-state index in [9.17, 15) is 14.4 Å². The number of benzene rings is 2. The monoisotopic (exact) mass is 385 g/mol. The zero-order chi connectivity index (χ0) is 19.1. The van der Waals surface area contributed by atoms with Gasteiger partial charge in [-0.05, 0) is 36.8 Å². The summed E-state index contributed by atoms with van der Waals surface area (Å²) in [6.45, 7) is 0.641. The molecule has 1 saturated heterocycles. The van der Waals surface area contributed by atoms with Gasteiger partial charge in [0.05, 0.1) is 21.8 Å². The van der Waals surface area contributed by atoms with Gasteiger partial charge in [-0.3, -0.25) is 14.2 Å². The van der Waals surface area contributed by atoms with Gasteiger partial charge in [0.1, 0.15) is 0 Å². The van der Waals surface area contributed by atoms with Gasteiger partial charge < -0.3 is 14.6 Å². The van der Waals surface area contributed by atoms with E-state index in [2.05, 4.69) is 5.32 Å². The molecule has 0 saturated carbocycles. The average Bonchev–Trinajstić information content (AvgIpc) is 3.20. The van der Waals surface area contributed by atoms with Crippen molar-refractivity contribution in [2.45, 2.75) is 12.8 Å². The molecule has 2 aromatic carbocycles. The largest absolute Gasteiger partial charge is 0.419 e.